The normalized spacial score (nSPS) is 10.9. The highest BCUT2D eigenvalue weighted by Crippen LogP contribution is 2.36. The first kappa shape index (κ1) is 14.6. The second-order valence-corrected chi connectivity index (χ2v) is 5.83. The van der Waals surface area contributed by atoms with E-state index in [1.807, 2.05) is 65.2 Å². The number of phenolic OH excluding ortho intramolecular Hbond substituents is 1. The zero-order valence-corrected chi connectivity index (χ0v) is 13.4. The number of halogens is 1. The van der Waals surface area contributed by atoms with Gasteiger partial charge in [-0.05, 0) is 42.5 Å². The standard InChI is InChI=1S/C19H14ClN3O/c20-13-6-5-7-14(12-13)21-19-18(15-8-1-2-9-16(15)24)22-17-10-3-4-11-23(17)19/h1-12,21,24H. The van der Waals surface area contributed by atoms with Crippen molar-refractivity contribution in [2.75, 3.05) is 5.32 Å². The molecule has 118 valence electrons. The second-order valence-electron chi connectivity index (χ2n) is 5.39. The lowest BCUT2D eigenvalue weighted by Gasteiger charge is -2.10. The number of benzene rings is 2. The van der Waals surface area contributed by atoms with Crippen LogP contribution in [0.15, 0.2) is 72.9 Å². The molecule has 0 spiro atoms. The number of hydrogen-bond donors (Lipinski definition) is 2. The van der Waals surface area contributed by atoms with Crippen molar-refractivity contribution < 1.29 is 5.11 Å². The maximum absolute atomic E-state index is 10.2. The maximum atomic E-state index is 10.2. The van der Waals surface area contributed by atoms with E-state index in [4.69, 9.17) is 11.6 Å². The molecular formula is C19H14ClN3O. The molecule has 0 aliphatic rings. The van der Waals surface area contributed by atoms with Crippen molar-refractivity contribution in [2.45, 2.75) is 0 Å². The zero-order chi connectivity index (χ0) is 16.5. The van der Waals surface area contributed by atoms with Crippen LogP contribution >= 0.6 is 11.6 Å². The van der Waals surface area contributed by atoms with Crippen molar-refractivity contribution in [1.29, 1.82) is 0 Å². The summed E-state index contributed by atoms with van der Waals surface area (Å²) in [5.41, 5.74) is 3.00. The van der Waals surface area contributed by atoms with Crippen molar-refractivity contribution in [1.82, 2.24) is 9.38 Å². The molecule has 4 nitrogen and oxygen atoms in total. The predicted molar refractivity (Wildman–Crippen MR) is 97.0 cm³/mol. The molecule has 0 saturated heterocycles. The van der Waals surface area contributed by atoms with Crippen LogP contribution in [0.5, 0.6) is 5.75 Å². The van der Waals surface area contributed by atoms with Gasteiger partial charge in [-0.3, -0.25) is 4.40 Å². The first-order valence-corrected chi connectivity index (χ1v) is 7.88. The van der Waals surface area contributed by atoms with Crippen molar-refractivity contribution in [3.05, 3.63) is 77.9 Å². The van der Waals surface area contributed by atoms with E-state index >= 15 is 0 Å². The summed E-state index contributed by atoms with van der Waals surface area (Å²) in [6.45, 7) is 0. The van der Waals surface area contributed by atoms with Gasteiger partial charge in [-0.15, -0.1) is 0 Å². The van der Waals surface area contributed by atoms with Crippen LogP contribution in [0.4, 0.5) is 11.5 Å². The number of nitrogens with one attached hydrogen (secondary N) is 1. The van der Waals surface area contributed by atoms with Crippen molar-refractivity contribution >= 4 is 28.8 Å². The smallest absolute Gasteiger partial charge is 0.143 e. The molecule has 0 unspecified atom stereocenters. The SMILES string of the molecule is Oc1ccccc1-c1nc2ccccn2c1Nc1cccc(Cl)c1. The minimum absolute atomic E-state index is 0.190. The van der Waals surface area contributed by atoms with Gasteiger partial charge in [0, 0.05) is 22.5 Å². The van der Waals surface area contributed by atoms with Crippen LogP contribution in [-0.4, -0.2) is 14.5 Å². The average molecular weight is 336 g/mol. The molecule has 0 bridgehead atoms. The van der Waals surface area contributed by atoms with Gasteiger partial charge in [0.1, 0.15) is 22.9 Å². The number of aromatic hydroxyl groups is 1. The van der Waals surface area contributed by atoms with Gasteiger partial charge in [0.15, 0.2) is 0 Å². The summed E-state index contributed by atoms with van der Waals surface area (Å²) in [6.07, 6.45) is 1.93. The monoisotopic (exact) mass is 335 g/mol. The molecule has 0 saturated carbocycles. The molecule has 0 atom stereocenters. The van der Waals surface area contributed by atoms with Gasteiger partial charge in [-0.2, -0.15) is 0 Å². The Kier molecular flexibility index (Phi) is 3.59. The Hall–Kier alpha value is -2.98. The molecular weight excluding hydrogens is 322 g/mol. The number of phenols is 1. The van der Waals surface area contributed by atoms with Crippen LogP contribution in [0.1, 0.15) is 0 Å². The van der Waals surface area contributed by atoms with Crippen LogP contribution in [0, 0.1) is 0 Å². The van der Waals surface area contributed by atoms with Crippen LogP contribution < -0.4 is 5.32 Å². The number of imidazole rings is 1. The second kappa shape index (κ2) is 5.91. The van der Waals surface area contributed by atoms with E-state index in [0.29, 0.717) is 16.3 Å². The van der Waals surface area contributed by atoms with Gasteiger partial charge < -0.3 is 10.4 Å². The van der Waals surface area contributed by atoms with Crippen LogP contribution in [0.25, 0.3) is 16.9 Å². The summed E-state index contributed by atoms with van der Waals surface area (Å²) in [5.74, 6) is 0.962. The lowest BCUT2D eigenvalue weighted by atomic mass is 10.1. The van der Waals surface area contributed by atoms with E-state index < -0.39 is 0 Å². The van der Waals surface area contributed by atoms with E-state index in [9.17, 15) is 5.11 Å². The molecule has 5 heteroatoms. The fraction of sp³-hybridized carbons (Fsp3) is 0. The van der Waals surface area contributed by atoms with Gasteiger partial charge in [-0.1, -0.05) is 35.9 Å². The highest BCUT2D eigenvalue weighted by Gasteiger charge is 2.16. The summed E-state index contributed by atoms with van der Waals surface area (Å²) < 4.78 is 1.95. The number of rotatable bonds is 3. The third-order valence-electron chi connectivity index (χ3n) is 3.78. The molecule has 0 aliphatic heterocycles. The first-order chi connectivity index (χ1) is 11.7. The third-order valence-corrected chi connectivity index (χ3v) is 4.01. The number of para-hydroxylation sites is 1. The zero-order valence-electron chi connectivity index (χ0n) is 12.6. The maximum Gasteiger partial charge on any atom is 0.143 e. The van der Waals surface area contributed by atoms with Gasteiger partial charge in [-0.25, -0.2) is 4.98 Å². The largest absolute Gasteiger partial charge is 0.507 e. The van der Waals surface area contributed by atoms with E-state index in [-0.39, 0.29) is 5.75 Å². The topological polar surface area (TPSA) is 49.6 Å². The number of aromatic nitrogens is 2. The van der Waals surface area contributed by atoms with Gasteiger partial charge >= 0.3 is 0 Å². The number of pyridine rings is 1. The van der Waals surface area contributed by atoms with Crippen LogP contribution in [0.3, 0.4) is 0 Å². The molecule has 24 heavy (non-hydrogen) atoms. The average Bonchev–Trinajstić information content (AvgIpc) is 2.94. The van der Waals surface area contributed by atoms with Gasteiger partial charge in [0.25, 0.3) is 0 Å². The molecule has 0 aliphatic carbocycles. The van der Waals surface area contributed by atoms with Crippen LogP contribution in [0.2, 0.25) is 5.02 Å². The number of anilines is 2. The van der Waals surface area contributed by atoms with Gasteiger partial charge in [0.05, 0.1) is 0 Å². The highest BCUT2D eigenvalue weighted by atomic mass is 35.5. The van der Waals surface area contributed by atoms with Gasteiger partial charge in [0.2, 0.25) is 0 Å². The molecule has 2 heterocycles. The van der Waals surface area contributed by atoms with Crippen molar-refractivity contribution in [3.63, 3.8) is 0 Å². The minimum Gasteiger partial charge on any atom is -0.507 e. The molecule has 4 aromatic rings. The van der Waals surface area contributed by atoms with E-state index in [2.05, 4.69) is 10.3 Å². The van der Waals surface area contributed by atoms with Crippen molar-refractivity contribution in [3.8, 4) is 17.0 Å². The van der Waals surface area contributed by atoms with E-state index in [0.717, 1.165) is 17.2 Å². The summed E-state index contributed by atoms with van der Waals surface area (Å²) in [4.78, 5) is 4.67. The number of hydrogen-bond acceptors (Lipinski definition) is 3. The lowest BCUT2D eigenvalue weighted by Crippen LogP contribution is -1.96. The molecule has 2 aromatic carbocycles. The molecule has 0 amide bonds. The molecule has 0 radical (unpaired) electrons. The molecule has 2 N–H and O–H groups in total. The van der Waals surface area contributed by atoms with Crippen LogP contribution in [-0.2, 0) is 0 Å². The summed E-state index contributed by atoms with van der Waals surface area (Å²) >= 11 is 6.08. The molecule has 4 rings (SSSR count). The summed E-state index contributed by atoms with van der Waals surface area (Å²) in [5, 5.41) is 14.2. The Morgan fingerprint density at radius 2 is 1.79 bits per heavy atom. The molecule has 2 aromatic heterocycles. The Bertz CT molecular complexity index is 1030. The Labute approximate surface area is 144 Å². The Balaban J connectivity index is 1.92. The quantitative estimate of drug-likeness (QED) is 0.547. The fourth-order valence-corrected chi connectivity index (χ4v) is 2.87. The third kappa shape index (κ3) is 2.57. The fourth-order valence-electron chi connectivity index (χ4n) is 2.68. The lowest BCUT2D eigenvalue weighted by molar-refractivity contribution is 0.477. The first-order valence-electron chi connectivity index (χ1n) is 7.50. The number of nitrogens with zero attached hydrogens (tertiary/aromatic N) is 2. The minimum atomic E-state index is 0.190. The Morgan fingerprint density at radius 3 is 2.62 bits per heavy atom. The highest BCUT2D eigenvalue weighted by molar-refractivity contribution is 6.30. The summed E-state index contributed by atoms with van der Waals surface area (Å²) in [7, 11) is 0. The van der Waals surface area contributed by atoms with E-state index in [1.165, 1.54) is 0 Å². The Morgan fingerprint density at radius 1 is 0.958 bits per heavy atom. The predicted octanol–water partition coefficient (Wildman–Crippen LogP) is 5.10. The molecule has 0 fully saturated rings. The summed E-state index contributed by atoms with van der Waals surface area (Å²) in [6, 6.07) is 20.4. The van der Waals surface area contributed by atoms with Crippen molar-refractivity contribution in [2.24, 2.45) is 0 Å². The van der Waals surface area contributed by atoms with E-state index in [1.54, 1.807) is 12.1 Å². The number of fused-ring (bicyclic) bond motifs is 1.